The van der Waals surface area contributed by atoms with Crippen molar-refractivity contribution in [2.75, 3.05) is 30.8 Å². The zero-order chi connectivity index (χ0) is 28.7. The number of nitrogens with one attached hydrogen (secondary N) is 2. The SMILES string of the molecule is COc1cc(F)c(-c2cc(Cn3cnc4c(N)ncnc43)c(N3CCC[C@]4(C3)NC(Cl)=CC=CC4=N)cn2)c(F)c1. The molecule has 13 heteroatoms. The fourth-order valence-electron chi connectivity index (χ4n) is 5.46. The van der Waals surface area contributed by atoms with Crippen molar-refractivity contribution in [3.63, 3.8) is 0 Å². The van der Waals surface area contributed by atoms with Crippen molar-refractivity contribution in [2.45, 2.75) is 24.9 Å². The number of nitrogen functional groups attached to an aromatic ring is 1. The first-order valence-corrected chi connectivity index (χ1v) is 13.3. The molecule has 0 radical (unpaired) electrons. The molecule has 210 valence electrons. The van der Waals surface area contributed by atoms with Gasteiger partial charge < -0.3 is 30.7 Å². The van der Waals surface area contributed by atoms with E-state index in [9.17, 15) is 0 Å². The maximum absolute atomic E-state index is 15.1. The average molecular weight is 578 g/mol. The highest BCUT2D eigenvalue weighted by molar-refractivity contribution is 6.29. The summed E-state index contributed by atoms with van der Waals surface area (Å²) in [5.74, 6) is -1.26. The first-order valence-electron chi connectivity index (χ1n) is 12.9. The third-order valence-electron chi connectivity index (χ3n) is 7.46. The number of aromatic nitrogens is 5. The minimum Gasteiger partial charge on any atom is -0.497 e. The van der Waals surface area contributed by atoms with E-state index in [0.717, 1.165) is 29.8 Å². The monoisotopic (exact) mass is 577 g/mol. The van der Waals surface area contributed by atoms with Crippen LogP contribution >= 0.6 is 11.6 Å². The van der Waals surface area contributed by atoms with E-state index in [1.54, 1.807) is 41.4 Å². The molecule has 3 aromatic heterocycles. The Kier molecular flexibility index (Phi) is 6.78. The molecule has 1 fully saturated rings. The summed E-state index contributed by atoms with van der Waals surface area (Å²) in [6.45, 7) is 1.37. The molecule has 0 amide bonds. The van der Waals surface area contributed by atoms with E-state index in [2.05, 4.69) is 30.2 Å². The summed E-state index contributed by atoms with van der Waals surface area (Å²) >= 11 is 6.40. The van der Waals surface area contributed by atoms with Crippen molar-refractivity contribution in [3.05, 3.63) is 77.6 Å². The Morgan fingerprint density at radius 3 is 2.76 bits per heavy atom. The molecule has 1 saturated heterocycles. The van der Waals surface area contributed by atoms with Gasteiger partial charge in [0.2, 0.25) is 0 Å². The number of fused-ring (bicyclic) bond motifs is 1. The fraction of sp³-hybridized carbons (Fsp3) is 0.250. The number of anilines is 2. The number of hydrogen-bond acceptors (Lipinski definition) is 9. The predicted octanol–water partition coefficient (Wildman–Crippen LogP) is 4.40. The lowest BCUT2D eigenvalue weighted by atomic mass is 9.84. The summed E-state index contributed by atoms with van der Waals surface area (Å²) in [6, 6.07) is 3.91. The topological polar surface area (TPSA) is 131 Å². The number of halogens is 3. The first kappa shape index (κ1) is 26.6. The van der Waals surface area contributed by atoms with Crippen LogP contribution in [-0.2, 0) is 6.54 Å². The average Bonchev–Trinajstić information content (AvgIpc) is 3.31. The molecule has 1 aromatic carbocycles. The molecule has 4 N–H and O–H groups in total. The molecule has 1 spiro atoms. The largest absolute Gasteiger partial charge is 0.497 e. The number of hydrogen-bond donors (Lipinski definition) is 3. The summed E-state index contributed by atoms with van der Waals surface area (Å²) < 4.78 is 37.0. The highest BCUT2D eigenvalue weighted by Gasteiger charge is 2.40. The zero-order valence-electron chi connectivity index (χ0n) is 22.0. The van der Waals surface area contributed by atoms with Crippen LogP contribution in [0, 0.1) is 17.0 Å². The highest BCUT2D eigenvalue weighted by atomic mass is 35.5. The summed E-state index contributed by atoms with van der Waals surface area (Å²) in [7, 11) is 1.35. The minimum absolute atomic E-state index is 0.0708. The maximum atomic E-state index is 15.1. The lowest BCUT2D eigenvalue weighted by Gasteiger charge is -2.44. The Hall–Kier alpha value is -4.58. The standard InChI is InChI=1S/C28H26ClF2N9O/c1-41-17-9-18(30)24(19(31)10-17)20-8-16(12-40-15-37-25-26(33)35-14-36-27(25)40)21(11-34-20)39-7-3-6-28(13-39)22(32)4-2-5-23(29)38-28/h2,4-5,8-11,14-15,32,38H,3,6-7,12-13H2,1H3,(H2,33,35,36)/t28-/m1/s1. The van der Waals surface area contributed by atoms with Gasteiger partial charge in [0, 0.05) is 25.2 Å². The van der Waals surface area contributed by atoms with E-state index in [1.165, 1.54) is 13.4 Å². The van der Waals surface area contributed by atoms with Crippen molar-refractivity contribution in [2.24, 2.45) is 0 Å². The molecular formula is C28H26ClF2N9O. The summed E-state index contributed by atoms with van der Waals surface area (Å²) in [5, 5.41) is 12.5. The van der Waals surface area contributed by atoms with Crippen LogP contribution in [0.25, 0.3) is 22.4 Å². The van der Waals surface area contributed by atoms with Gasteiger partial charge in [0.05, 0.1) is 54.4 Å². The molecule has 0 unspecified atom stereocenters. The zero-order valence-corrected chi connectivity index (χ0v) is 22.8. The molecule has 0 bridgehead atoms. The quantitative estimate of drug-likeness (QED) is 0.297. The molecule has 41 heavy (non-hydrogen) atoms. The van der Waals surface area contributed by atoms with Crippen LogP contribution < -0.4 is 20.7 Å². The van der Waals surface area contributed by atoms with Crippen LogP contribution in [0.1, 0.15) is 18.4 Å². The van der Waals surface area contributed by atoms with Crippen LogP contribution in [0.2, 0.25) is 0 Å². The maximum Gasteiger partial charge on any atom is 0.165 e. The van der Waals surface area contributed by atoms with Crippen LogP contribution in [0.3, 0.4) is 0 Å². The van der Waals surface area contributed by atoms with E-state index in [0.29, 0.717) is 41.5 Å². The molecule has 4 aromatic rings. The molecule has 0 saturated carbocycles. The Morgan fingerprint density at radius 2 is 1.98 bits per heavy atom. The molecule has 5 heterocycles. The van der Waals surface area contributed by atoms with Gasteiger partial charge >= 0.3 is 0 Å². The molecule has 0 aliphatic carbocycles. The van der Waals surface area contributed by atoms with Crippen molar-refractivity contribution < 1.29 is 13.5 Å². The second kappa shape index (κ2) is 10.4. The number of benzene rings is 1. The van der Waals surface area contributed by atoms with E-state index in [4.69, 9.17) is 27.5 Å². The van der Waals surface area contributed by atoms with Gasteiger partial charge in [-0.05, 0) is 36.6 Å². The molecule has 6 rings (SSSR count). The van der Waals surface area contributed by atoms with Crippen molar-refractivity contribution in [3.8, 4) is 17.0 Å². The van der Waals surface area contributed by atoms with Gasteiger partial charge in [-0.15, -0.1) is 0 Å². The number of allylic oxidation sites excluding steroid dienone is 2. The lowest BCUT2D eigenvalue weighted by Crippen LogP contribution is -2.60. The van der Waals surface area contributed by atoms with Gasteiger partial charge in [0.15, 0.2) is 11.5 Å². The first-order chi connectivity index (χ1) is 19.8. The van der Waals surface area contributed by atoms with Crippen LogP contribution in [0.15, 0.2) is 60.4 Å². The number of piperidine rings is 1. The summed E-state index contributed by atoms with van der Waals surface area (Å²) in [4.78, 5) is 19.3. The van der Waals surface area contributed by atoms with E-state index >= 15 is 8.78 Å². The Labute approximate surface area is 239 Å². The third-order valence-corrected chi connectivity index (χ3v) is 7.68. The number of pyridine rings is 1. The van der Waals surface area contributed by atoms with Gasteiger partial charge in [-0.25, -0.2) is 23.7 Å². The highest BCUT2D eigenvalue weighted by Crippen LogP contribution is 2.35. The molecule has 2 aliphatic heterocycles. The van der Waals surface area contributed by atoms with Gasteiger partial charge in [-0.2, -0.15) is 0 Å². The number of imidazole rings is 1. The summed E-state index contributed by atoms with van der Waals surface area (Å²) in [5.41, 5.74) is 8.00. The lowest BCUT2D eigenvalue weighted by molar-refractivity contribution is 0.389. The third kappa shape index (κ3) is 4.84. The van der Waals surface area contributed by atoms with Crippen molar-refractivity contribution in [1.82, 2.24) is 29.8 Å². The number of methoxy groups -OCH3 is 1. The smallest absolute Gasteiger partial charge is 0.165 e. The number of ether oxygens (including phenoxy) is 1. The summed E-state index contributed by atoms with van der Waals surface area (Å²) in [6.07, 6.45) is 11.3. The molecule has 1 atom stereocenters. The van der Waals surface area contributed by atoms with Gasteiger partial charge in [-0.1, -0.05) is 17.7 Å². The second-order valence-electron chi connectivity index (χ2n) is 9.99. The number of nitrogens with two attached hydrogens (primary N) is 1. The van der Waals surface area contributed by atoms with E-state index < -0.39 is 17.2 Å². The van der Waals surface area contributed by atoms with Crippen LogP contribution in [0.5, 0.6) is 5.75 Å². The van der Waals surface area contributed by atoms with Crippen LogP contribution in [-0.4, -0.2) is 56.0 Å². The number of rotatable bonds is 5. The Bertz CT molecular complexity index is 1710. The second-order valence-corrected chi connectivity index (χ2v) is 10.4. The van der Waals surface area contributed by atoms with E-state index in [-0.39, 0.29) is 29.4 Å². The molecule has 2 aliphatic rings. The molecular weight excluding hydrogens is 552 g/mol. The minimum atomic E-state index is -0.789. The van der Waals surface area contributed by atoms with Crippen molar-refractivity contribution >= 4 is 40.0 Å². The Morgan fingerprint density at radius 1 is 1.17 bits per heavy atom. The van der Waals surface area contributed by atoms with Crippen LogP contribution in [0.4, 0.5) is 20.3 Å². The Balaban J connectivity index is 1.45. The van der Waals surface area contributed by atoms with E-state index in [1.807, 2.05) is 0 Å². The normalized spacial score (nSPS) is 18.9. The fourth-order valence-corrected chi connectivity index (χ4v) is 5.71. The van der Waals surface area contributed by atoms with Gasteiger partial charge in [-0.3, -0.25) is 4.98 Å². The molecule has 10 nitrogen and oxygen atoms in total. The number of nitrogens with zero attached hydrogens (tertiary/aromatic N) is 6. The van der Waals surface area contributed by atoms with Gasteiger partial charge in [0.25, 0.3) is 0 Å². The van der Waals surface area contributed by atoms with Gasteiger partial charge in [0.1, 0.15) is 34.4 Å². The van der Waals surface area contributed by atoms with Crippen molar-refractivity contribution in [1.29, 1.82) is 5.41 Å². The predicted molar refractivity (Wildman–Crippen MR) is 153 cm³/mol.